The minimum absolute atomic E-state index is 0.251. The number of fused-ring (bicyclic) bond motifs is 1. The Kier molecular flexibility index (Phi) is 6.12. The van der Waals surface area contributed by atoms with E-state index in [1.807, 2.05) is 24.3 Å². The predicted octanol–water partition coefficient (Wildman–Crippen LogP) is 3.71. The number of hydrogen-bond acceptors (Lipinski definition) is 6. The van der Waals surface area contributed by atoms with Crippen LogP contribution in [-0.4, -0.2) is 28.0 Å². The van der Waals surface area contributed by atoms with Crippen molar-refractivity contribution in [3.05, 3.63) is 57.0 Å². The number of thiophene rings is 1. The molecule has 0 radical (unpaired) electrons. The molecule has 29 heavy (non-hydrogen) atoms. The van der Waals surface area contributed by atoms with Gasteiger partial charge in [-0.05, 0) is 50.5 Å². The molecule has 0 saturated heterocycles. The van der Waals surface area contributed by atoms with Crippen LogP contribution < -0.4 is 10.9 Å². The van der Waals surface area contributed by atoms with Crippen molar-refractivity contribution < 1.29 is 14.3 Å². The van der Waals surface area contributed by atoms with E-state index in [1.54, 1.807) is 20.8 Å². The summed E-state index contributed by atoms with van der Waals surface area (Å²) < 4.78 is 6.33. The van der Waals surface area contributed by atoms with Crippen molar-refractivity contribution in [2.24, 2.45) is 0 Å². The molecule has 3 aromatic rings. The third kappa shape index (κ3) is 4.07. The molecule has 152 valence electrons. The summed E-state index contributed by atoms with van der Waals surface area (Å²) in [4.78, 5) is 42.9. The zero-order chi connectivity index (χ0) is 21.1. The quantitative estimate of drug-likeness (QED) is 0.622. The van der Waals surface area contributed by atoms with E-state index in [4.69, 9.17) is 4.74 Å². The van der Waals surface area contributed by atoms with Crippen LogP contribution in [-0.2, 0) is 16.0 Å². The van der Waals surface area contributed by atoms with Crippen LogP contribution in [0.1, 0.15) is 47.6 Å². The molecule has 0 spiro atoms. The van der Waals surface area contributed by atoms with Gasteiger partial charge in [0.2, 0.25) is 5.91 Å². The number of aromatic nitrogens is 2. The van der Waals surface area contributed by atoms with Crippen LogP contribution in [0.2, 0.25) is 0 Å². The number of anilines is 1. The van der Waals surface area contributed by atoms with E-state index in [9.17, 15) is 14.4 Å². The zero-order valence-electron chi connectivity index (χ0n) is 16.8. The lowest BCUT2D eigenvalue weighted by molar-refractivity contribution is -0.118. The van der Waals surface area contributed by atoms with Crippen LogP contribution >= 0.6 is 11.3 Å². The van der Waals surface area contributed by atoms with Crippen molar-refractivity contribution in [2.45, 2.75) is 40.2 Å². The molecular weight excluding hydrogens is 390 g/mol. The van der Waals surface area contributed by atoms with Gasteiger partial charge >= 0.3 is 5.97 Å². The highest BCUT2D eigenvalue weighted by molar-refractivity contribution is 7.20. The first-order valence-corrected chi connectivity index (χ1v) is 10.3. The van der Waals surface area contributed by atoms with Gasteiger partial charge in [-0.15, -0.1) is 11.3 Å². The Balaban J connectivity index is 1.91. The molecule has 3 rings (SSSR count). The van der Waals surface area contributed by atoms with E-state index >= 15 is 0 Å². The molecule has 0 bridgehead atoms. The molecule has 1 atom stereocenters. The maximum Gasteiger partial charge on any atom is 0.348 e. The van der Waals surface area contributed by atoms with Gasteiger partial charge in [-0.2, -0.15) is 0 Å². The SMILES string of the molecule is CCOC(=O)c1sc2ncn(C(C)C(=O)Nc3ccc(CC)cc3)c(=O)c2c1C. The first-order chi connectivity index (χ1) is 13.9. The minimum Gasteiger partial charge on any atom is -0.462 e. The van der Waals surface area contributed by atoms with Crippen LogP contribution in [0, 0.1) is 6.92 Å². The van der Waals surface area contributed by atoms with Crippen LogP contribution in [0.15, 0.2) is 35.4 Å². The number of esters is 1. The van der Waals surface area contributed by atoms with Gasteiger partial charge in [0.05, 0.1) is 18.3 Å². The van der Waals surface area contributed by atoms with Gasteiger partial charge in [0.15, 0.2) is 0 Å². The Morgan fingerprint density at radius 1 is 1.24 bits per heavy atom. The van der Waals surface area contributed by atoms with Crippen molar-refractivity contribution in [1.29, 1.82) is 0 Å². The summed E-state index contributed by atoms with van der Waals surface area (Å²) in [5.74, 6) is -0.795. The van der Waals surface area contributed by atoms with Crippen molar-refractivity contribution in [3.8, 4) is 0 Å². The van der Waals surface area contributed by atoms with Crippen molar-refractivity contribution >= 4 is 39.1 Å². The summed E-state index contributed by atoms with van der Waals surface area (Å²) in [6.07, 6.45) is 2.26. The number of ether oxygens (including phenoxy) is 1. The van der Waals surface area contributed by atoms with Crippen LogP contribution in [0.3, 0.4) is 0 Å². The van der Waals surface area contributed by atoms with Crippen molar-refractivity contribution in [2.75, 3.05) is 11.9 Å². The summed E-state index contributed by atoms with van der Waals surface area (Å²) in [6, 6.07) is 6.80. The number of benzene rings is 1. The number of rotatable bonds is 6. The lowest BCUT2D eigenvalue weighted by Crippen LogP contribution is -2.31. The lowest BCUT2D eigenvalue weighted by atomic mass is 10.1. The van der Waals surface area contributed by atoms with E-state index in [-0.39, 0.29) is 18.1 Å². The molecule has 0 saturated carbocycles. The second-order valence-electron chi connectivity index (χ2n) is 6.63. The summed E-state index contributed by atoms with van der Waals surface area (Å²) in [7, 11) is 0. The Bertz CT molecular complexity index is 1120. The van der Waals surface area contributed by atoms with Crippen LogP contribution in [0.25, 0.3) is 10.2 Å². The lowest BCUT2D eigenvalue weighted by Gasteiger charge is -2.15. The molecule has 8 heteroatoms. The Morgan fingerprint density at radius 2 is 1.93 bits per heavy atom. The van der Waals surface area contributed by atoms with Crippen LogP contribution in [0.5, 0.6) is 0 Å². The topological polar surface area (TPSA) is 90.3 Å². The minimum atomic E-state index is -0.768. The van der Waals surface area contributed by atoms with E-state index in [1.165, 1.54) is 16.5 Å². The Morgan fingerprint density at radius 3 is 2.55 bits per heavy atom. The second-order valence-corrected chi connectivity index (χ2v) is 7.63. The van der Waals surface area contributed by atoms with Gasteiger partial charge in [0.1, 0.15) is 15.7 Å². The van der Waals surface area contributed by atoms with Gasteiger partial charge in [0.25, 0.3) is 5.56 Å². The molecule has 0 aliphatic carbocycles. The summed E-state index contributed by atoms with van der Waals surface area (Å²) in [5, 5.41) is 3.16. The Labute approximate surface area is 172 Å². The number of amides is 1. The van der Waals surface area contributed by atoms with Gasteiger partial charge in [-0.25, -0.2) is 9.78 Å². The third-order valence-corrected chi connectivity index (χ3v) is 5.94. The molecule has 1 N–H and O–H groups in total. The maximum atomic E-state index is 13.0. The fourth-order valence-electron chi connectivity index (χ4n) is 3.00. The summed E-state index contributed by atoms with van der Waals surface area (Å²) in [5.41, 5.74) is 2.01. The van der Waals surface area contributed by atoms with E-state index in [0.717, 1.165) is 17.8 Å². The fourth-order valence-corrected chi connectivity index (χ4v) is 4.03. The zero-order valence-corrected chi connectivity index (χ0v) is 17.6. The molecular formula is C21H23N3O4S. The van der Waals surface area contributed by atoms with Gasteiger partial charge in [-0.3, -0.25) is 14.2 Å². The monoisotopic (exact) mass is 413 g/mol. The number of aryl methyl sites for hydroxylation is 2. The van der Waals surface area contributed by atoms with E-state index in [0.29, 0.717) is 26.3 Å². The standard InChI is InChI=1S/C21H23N3O4S/c1-5-14-7-9-15(10-8-14)23-18(25)13(4)24-11-22-19-16(20(24)26)12(3)17(29-19)21(27)28-6-2/h7-11,13H,5-6H2,1-4H3,(H,23,25). The van der Waals surface area contributed by atoms with Crippen molar-refractivity contribution in [1.82, 2.24) is 9.55 Å². The number of nitrogens with one attached hydrogen (secondary N) is 1. The molecule has 0 aliphatic rings. The smallest absolute Gasteiger partial charge is 0.348 e. The average molecular weight is 413 g/mol. The first-order valence-electron chi connectivity index (χ1n) is 9.44. The molecule has 7 nitrogen and oxygen atoms in total. The normalized spacial score (nSPS) is 12.0. The third-order valence-electron chi connectivity index (χ3n) is 4.76. The van der Waals surface area contributed by atoms with Gasteiger partial charge in [0, 0.05) is 5.69 Å². The molecule has 1 aromatic carbocycles. The molecule has 1 unspecified atom stereocenters. The second kappa shape index (κ2) is 8.57. The molecule has 0 fully saturated rings. The molecule has 2 heterocycles. The summed E-state index contributed by atoms with van der Waals surface area (Å²) in [6.45, 7) is 7.37. The first kappa shape index (κ1) is 20.7. The maximum absolute atomic E-state index is 13.0. The highest BCUT2D eigenvalue weighted by Gasteiger charge is 2.23. The number of carbonyl (C=O) groups is 2. The fraction of sp³-hybridized carbons (Fsp3) is 0.333. The molecule has 1 amide bonds. The van der Waals surface area contributed by atoms with Gasteiger partial charge in [-0.1, -0.05) is 19.1 Å². The number of carbonyl (C=O) groups excluding carboxylic acids is 2. The van der Waals surface area contributed by atoms with Crippen molar-refractivity contribution in [3.63, 3.8) is 0 Å². The number of hydrogen-bond donors (Lipinski definition) is 1. The average Bonchev–Trinajstić information content (AvgIpc) is 3.06. The van der Waals surface area contributed by atoms with Crippen LogP contribution in [0.4, 0.5) is 5.69 Å². The van der Waals surface area contributed by atoms with E-state index < -0.39 is 12.0 Å². The highest BCUT2D eigenvalue weighted by Crippen LogP contribution is 2.28. The predicted molar refractivity (Wildman–Crippen MR) is 114 cm³/mol. The Hall–Kier alpha value is -3.00. The largest absolute Gasteiger partial charge is 0.462 e. The number of nitrogens with zero attached hydrogens (tertiary/aromatic N) is 2. The summed E-state index contributed by atoms with van der Waals surface area (Å²) >= 11 is 1.12. The highest BCUT2D eigenvalue weighted by atomic mass is 32.1. The molecule has 0 aliphatic heterocycles. The molecule has 2 aromatic heterocycles. The van der Waals surface area contributed by atoms with E-state index in [2.05, 4.69) is 17.2 Å². The van der Waals surface area contributed by atoms with Gasteiger partial charge < -0.3 is 10.1 Å².